The van der Waals surface area contributed by atoms with Crippen LogP contribution < -0.4 is 10.2 Å². The minimum Gasteiger partial charge on any atom is -0.378 e. The van der Waals surface area contributed by atoms with Crippen molar-refractivity contribution in [2.75, 3.05) is 23.3 Å². The maximum Gasteiger partial charge on any atom is 0.148 e. The molecule has 1 fully saturated rings. The van der Waals surface area contributed by atoms with Crippen LogP contribution in [-0.2, 0) is 7.05 Å². The summed E-state index contributed by atoms with van der Waals surface area (Å²) in [6.45, 7) is 3.95. The van der Waals surface area contributed by atoms with Crippen molar-refractivity contribution in [3.05, 3.63) is 42.0 Å². The molecule has 2 heterocycles. The first-order valence-corrected chi connectivity index (χ1v) is 7.43. The van der Waals surface area contributed by atoms with Crippen LogP contribution in [-0.4, -0.2) is 22.9 Å². The molecule has 3 rings (SSSR count). The van der Waals surface area contributed by atoms with E-state index in [-0.39, 0.29) is 11.9 Å². The van der Waals surface area contributed by atoms with Crippen LogP contribution >= 0.6 is 0 Å². The quantitative estimate of drug-likeness (QED) is 0.936. The van der Waals surface area contributed by atoms with Crippen LogP contribution in [0.4, 0.5) is 15.8 Å². The smallest absolute Gasteiger partial charge is 0.148 e. The Morgan fingerprint density at radius 1 is 1.29 bits per heavy atom. The first-order chi connectivity index (χ1) is 10.1. The third-order valence-corrected chi connectivity index (χ3v) is 4.00. The molecular weight excluding hydrogens is 267 g/mol. The van der Waals surface area contributed by atoms with Gasteiger partial charge in [-0.25, -0.2) is 4.39 Å². The van der Waals surface area contributed by atoms with Crippen LogP contribution in [0, 0.1) is 5.82 Å². The van der Waals surface area contributed by atoms with Crippen LogP contribution in [0.1, 0.15) is 31.4 Å². The summed E-state index contributed by atoms with van der Waals surface area (Å²) in [6, 6.07) is 5.50. The summed E-state index contributed by atoms with van der Waals surface area (Å²) < 4.78 is 16.0. The Labute approximate surface area is 124 Å². The molecule has 112 valence electrons. The lowest BCUT2D eigenvalue weighted by molar-refractivity contribution is 0.623. The van der Waals surface area contributed by atoms with Gasteiger partial charge in [-0.05, 0) is 38.0 Å². The zero-order valence-corrected chi connectivity index (χ0v) is 12.5. The molecule has 0 radical (unpaired) electrons. The third kappa shape index (κ3) is 3.01. The lowest BCUT2D eigenvalue weighted by Crippen LogP contribution is -2.19. The Hall–Kier alpha value is -2.04. The van der Waals surface area contributed by atoms with Crippen LogP contribution in [0.3, 0.4) is 0 Å². The molecule has 4 nitrogen and oxygen atoms in total. The number of hydrogen-bond acceptors (Lipinski definition) is 3. The molecule has 0 bridgehead atoms. The summed E-state index contributed by atoms with van der Waals surface area (Å²) in [4.78, 5) is 2.11. The molecule has 0 spiro atoms. The molecular formula is C16H21FN4. The summed E-state index contributed by atoms with van der Waals surface area (Å²) in [5.74, 6) is -0.153. The molecule has 0 saturated carbocycles. The fraction of sp³-hybridized carbons (Fsp3) is 0.438. The van der Waals surface area contributed by atoms with Gasteiger partial charge in [-0.2, -0.15) is 5.10 Å². The molecule has 2 aromatic rings. The molecule has 21 heavy (non-hydrogen) atoms. The van der Waals surface area contributed by atoms with Gasteiger partial charge in [0.15, 0.2) is 0 Å². The van der Waals surface area contributed by atoms with Gasteiger partial charge in [0, 0.05) is 37.6 Å². The van der Waals surface area contributed by atoms with E-state index in [9.17, 15) is 4.39 Å². The minimum atomic E-state index is -0.153. The van der Waals surface area contributed by atoms with Gasteiger partial charge in [-0.1, -0.05) is 0 Å². The fourth-order valence-corrected chi connectivity index (χ4v) is 2.81. The van der Waals surface area contributed by atoms with Crippen molar-refractivity contribution >= 4 is 11.4 Å². The number of hydrogen-bond donors (Lipinski definition) is 1. The second kappa shape index (κ2) is 5.76. The van der Waals surface area contributed by atoms with E-state index in [2.05, 4.69) is 15.3 Å². The molecule has 0 aliphatic carbocycles. The van der Waals surface area contributed by atoms with Crippen LogP contribution in [0.5, 0.6) is 0 Å². The molecule has 1 aliphatic heterocycles. The molecule has 1 saturated heterocycles. The van der Waals surface area contributed by atoms with Gasteiger partial charge < -0.3 is 10.2 Å². The van der Waals surface area contributed by atoms with Crippen LogP contribution in [0.2, 0.25) is 0 Å². The third-order valence-electron chi connectivity index (χ3n) is 4.00. The van der Waals surface area contributed by atoms with Crippen molar-refractivity contribution in [3.8, 4) is 0 Å². The predicted octanol–water partition coefficient (Wildman–Crippen LogP) is 3.33. The van der Waals surface area contributed by atoms with Gasteiger partial charge >= 0.3 is 0 Å². The number of aryl methyl sites for hydroxylation is 1. The van der Waals surface area contributed by atoms with E-state index in [4.69, 9.17) is 0 Å². The van der Waals surface area contributed by atoms with Crippen molar-refractivity contribution in [3.63, 3.8) is 0 Å². The molecule has 1 aromatic heterocycles. The normalized spacial score (nSPS) is 16.2. The van der Waals surface area contributed by atoms with Crippen molar-refractivity contribution in [2.24, 2.45) is 7.05 Å². The van der Waals surface area contributed by atoms with Gasteiger partial charge in [-0.15, -0.1) is 0 Å². The highest BCUT2D eigenvalue weighted by atomic mass is 19.1. The highest BCUT2D eigenvalue weighted by molar-refractivity contribution is 5.57. The Kier molecular flexibility index (Phi) is 3.82. The minimum absolute atomic E-state index is 0.0933. The van der Waals surface area contributed by atoms with E-state index in [1.54, 1.807) is 10.7 Å². The number of anilines is 2. The Bertz CT molecular complexity index is 616. The molecule has 1 unspecified atom stereocenters. The average Bonchev–Trinajstić information content (AvgIpc) is 3.10. The SMILES string of the molecule is CC(Nc1ccc(N2CCCC2)c(F)c1)c1cnn(C)c1. The highest BCUT2D eigenvalue weighted by Crippen LogP contribution is 2.27. The van der Waals surface area contributed by atoms with E-state index in [0.717, 1.165) is 37.2 Å². The maximum absolute atomic E-state index is 14.3. The average molecular weight is 288 g/mol. The van der Waals surface area contributed by atoms with Crippen molar-refractivity contribution in [2.45, 2.75) is 25.8 Å². The number of nitrogens with zero attached hydrogens (tertiary/aromatic N) is 3. The summed E-state index contributed by atoms with van der Waals surface area (Å²) in [7, 11) is 1.89. The molecule has 0 amide bonds. The summed E-state index contributed by atoms with van der Waals surface area (Å²) in [5, 5.41) is 7.48. The van der Waals surface area contributed by atoms with E-state index >= 15 is 0 Å². The first-order valence-electron chi connectivity index (χ1n) is 7.43. The lowest BCUT2D eigenvalue weighted by atomic mass is 10.1. The van der Waals surface area contributed by atoms with Gasteiger partial charge in [-0.3, -0.25) is 4.68 Å². The largest absolute Gasteiger partial charge is 0.378 e. The van der Waals surface area contributed by atoms with E-state index in [0.29, 0.717) is 5.69 Å². The predicted molar refractivity (Wildman–Crippen MR) is 83.1 cm³/mol. The van der Waals surface area contributed by atoms with Gasteiger partial charge in [0.1, 0.15) is 5.82 Å². The summed E-state index contributed by atoms with van der Waals surface area (Å²) in [5.41, 5.74) is 2.60. The van der Waals surface area contributed by atoms with E-state index < -0.39 is 0 Å². The van der Waals surface area contributed by atoms with E-state index in [1.807, 2.05) is 38.5 Å². The molecule has 1 atom stereocenters. The Morgan fingerprint density at radius 3 is 2.67 bits per heavy atom. The highest BCUT2D eigenvalue weighted by Gasteiger charge is 2.16. The second-order valence-electron chi connectivity index (χ2n) is 5.67. The molecule has 5 heteroatoms. The zero-order valence-electron chi connectivity index (χ0n) is 12.5. The Morgan fingerprint density at radius 2 is 2.05 bits per heavy atom. The van der Waals surface area contributed by atoms with Gasteiger partial charge in [0.25, 0.3) is 0 Å². The van der Waals surface area contributed by atoms with Crippen molar-refractivity contribution < 1.29 is 4.39 Å². The van der Waals surface area contributed by atoms with Gasteiger partial charge in [0.05, 0.1) is 17.9 Å². The number of halogens is 1. The van der Waals surface area contributed by atoms with Crippen molar-refractivity contribution in [1.82, 2.24) is 9.78 Å². The topological polar surface area (TPSA) is 33.1 Å². The fourth-order valence-electron chi connectivity index (χ4n) is 2.81. The van der Waals surface area contributed by atoms with Crippen LogP contribution in [0.15, 0.2) is 30.6 Å². The first kappa shape index (κ1) is 13.9. The zero-order chi connectivity index (χ0) is 14.8. The second-order valence-corrected chi connectivity index (χ2v) is 5.67. The number of rotatable bonds is 4. The monoisotopic (exact) mass is 288 g/mol. The molecule has 1 aromatic carbocycles. The number of benzene rings is 1. The number of nitrogens with one attached hydrogen (secondary N) is 1. The maximum atomic E-state index is 14.3. The van der Waals surface area contributed by atoms with Crippen LogP contribution in [0.25, 0.3) is 0 Å². The summed E-state index contributed by atoms with van der Waals surface area (Å²) in [6.07, 6.45) is 6.09. The van der Waals surface area contributed by atoms with E-state index in [1.165, 1.54) is 0 Å². The standard InChI is InChI=1S/C16H21FN4/c1-12(13-10-18-20(2)11-13)19-14-5-6-16(15(17)9-14)21-7-3-4-8-21/h5-6,9-12,19H,3-4,7-8H2,1-2H3. The molecule has 1 N–H and O–H groups in total. The lowest BCUT2D eigenvalue weighted by Gasteiger charge is -2.20. The van der Waals surface area contributed by atoms with Crippen molar-refractivity contribution in [1.29, 1.82) is 0 Å². The summed E-state index contributed by atoms with van der Waals surface area (Å²) >= 11 is 0. The number of aromatic nitrogens is 2. The molecule has 1 aliphatic rings. The Balaban J connectivity index is 1.72. The van der Waals surface area contributed by atoms with Gasteiger partial charge in [0.2, 0.25) is 0 Å².